The Labute approximate surface area is 135 Å². The van der Waals surface area contributed by atoms with E-state index in [1.807, 2.05) is 33.8 Å². The molecule has 5 nitrogen and oxygen atoms in total. The summed E-state index contributed by atoms with van der Waals surface area (Å²) in [6.07, 6.45) is 0. The van der Waals surface area contributed by atoms with Crippen LogP contribution in [0.3, 0.4) is 0 Å². The first-order chi connectivity index (χ1) is 10.2. The van der Waals surface area contributed by atoms with Gasteiger partial charge in [-0.15, -0.1) is 0 Å². The van der Waals surface area contributed by atoms with Crippen molar-refractivity contribution in [2.75, 3.05) is 5.75 Å². The van der Waals surface area contributed by atoms with Crippen LogP contribution >= 0.6 is 11.8 Å². The summed E-state index contributed by atoms with van der Waals surface area (Å²) in [4.78, 5) is 16.4. The monoisotopic (exact) mass is 316 g/mol. The van der Waals surface area contributed by atoms with E-state index >= 15 is 0 Å². The quantitative estimate of drug-likeness (QED) is 0.844. The van der Waals surface area contributed by atoms with E-state index in [0.29, 0.717) is 10.6 Å². The van der Waals surface area contributed by atoms with E-state index < -0.39 is 5.54 Å². The molecule has 1 aromatic rings. The van der Waals surface area contributed by atoms with Crippen LogP contribution in [-0.2, 0) is 4.79 Å². The van der Waals surface area contributed by atoms with Crippen LogP contribution in [0, 0.1) is 42.4 Å². The van der Waals surface area contributed by atoms with Gasteiger partial charge in [-0.3, -0.25) is 4.79 Å². The van der Waals surface area contributed by atoms with Crippen molar-refractivity contribution >= 4 is 17.7 Å². The smallest absolute Gasteiger partial charge is 0.231 e. The molecule has 0 aromatic carbocycles. The lowest BCUT2D eigenvalue weighted by Crippen LogP contribution is -2.49. The number of thioether (sulfide) groups is 1. The maximum Gasteiger partial charge on any atom is 0.231 e. The summed E-state index contributed by atoms with van der Waals surface area (Å²) in [7, 11) is 0. The third kappa shape index (κ3) is 4.22. The van der Waals surface area contributed by atoms with Crippen LogP contribution in [0.1, 0.15) is 37.6 Å². The lowest BCUT2D eigenvalue weighted by atomic mass is 9.90. The highest BCUT2D eigenvalue weighted by Crippen LogP contribution is 2.24. The molecule has 0 radical (unpaired) electrons. The number of nitrogens with zero attached hydrogens (tertiary/aromatic N) is 3. The molecule has 1 rings (SSSR count). The second kappa shape index (κ2) is 7.29. The van der Waals surface area contributed by atoms with Crippen molar-refractivity contribution in [3.05, 3.63) is 22.9 Å². The van der Waals surface area contributed by atoms with Gasteiger partial charge in [-0.25, -0.2) is 4.98 Å². The van der Waals surface area contributed by atoms with E-state index in [9.17, 15) is 15.3 Å². The molecule has 1 unspecified atom stereocenters. The van der Waals surface area contributed by atoms with E-state index in [1.165, 1.54) is 11.8 Å². The summed E-state index contributed by atoms with van der Waals surface area (Å²) in [6.45, 7) is 9.18. The predicted octanol–water partition coefficient (Wildman–Crippen LogP) is 2.72. The van der Waals surface area contributed by atoms with Gasteiger partial charge in [0, 0.05) is 5.69 Å². The topological polar surface area (TPSA) is 89.6 Å². The van der Waals surface area contributed by atoms with Crippen LogP contribution < -0.4 is 5.32 Å². The summed E-state index contributed by atoms with van der Waals surface area (Å²) < 4.78 is 0. The Morgan fingerprint density at radius 1 is 1.45 bits per heavy atom. The van der Waals surface area contributed by atoms with Gasteiger partial charge in [0.15, 0.2) is 0 Å². The lowest BCUT2D eigenvalue weighted by Gasteiger charge is -2.27. The molecule has 1 atom stereocenters. The standard InChI is InChI=1S/C16H20N4OS/c1-10(2)16(5,9-18)20-14(21)8-22-15-13(7-17)11(3)6-12(4)19-15/h6,10H,8H2,1-5H3,(H,20,21). The molecule has 0 saturated heterocycles. The minimum Gasteiger partial charge on any atom is -0.337 e. The Morgan fingerprint density at radius 3 is 2.59 bits per heavy atom. The van der Waals surface area contributed by atoms with E-state index in [4.69, 9.17) is 0 Å². The third-order valence-electron chi connectivity index (χ3n) is 3.55. The zero-order chi connectivity index (χ0) is 16.9. The van der Waals surface area contributed by atoms with Crippen LogP contribution in [0.2, 0.25) is 0 Å². The summed E-state index contributed by atoms with van der Waals surface area (Å²) in [5.41, 5.74) is 1.26. The molecule has 0 saturated carbocycles. The number of aryl methyl sites for hydroxylation is 2. The molecule has 0 aliphatic heterocycles. The molecule has 1 N–H and O–H groups in total. The van der Waals surface area contributed by atoms with Gasteiger partial charge >= 0.3 is 0 Å². The number of carbonyl (C=O) groups excluding carboxylic acids is 1. The molecular formula is C16H20N4OS. The van der Waals surface area contributed by atoms with E-state index in [-0.39, 0.29) is 17.6 Å². The summed E-state index contributed by atoms with van der Waals surface area (Å²) in [5.74, 6) is -0.123. The van der Waals surface area contributed by atoms with Gasteiger partial charge in [0.05, 0.1) is 17.4 Å². The number of amides is 1. The van der Waals surface area contributed by atoms with Crippen molar-refractivity contribution in [3.63, 3.8) is 0 Å². The largest absolute Gasteiger partial charge is 0.337 e. The predicted molar refractivity (Wildman–Crippen MR) is 86.1 cm³/mol. The highest BCUT2D eigenvalue weighted by Gasteiger charge is 2.29. The summed E-state index contributed by atoms with van der Waals surface area (Å²) in [5, 5.41) is 21.7. The van der Waals surface area contributed by atoms with Crippen LogP contribution in [0.25, 0.3) is 0 Å². The fraction of sp³-hybridized carbons (Fsp3) is 0.500. The van der Waals surface area contributed by atoms with Gasteiger partial charge in [-0.2, -0.15) is 10.5 Å². The van der Waals surface area contributed by atoms with Crippen molar-refractivity contribution in [3.8, 4) is 12.1 Å². The van der Waals surface area contributed by atoms with Crippen LogP contribution in [0.15, 0.2) is 11.1 Å². The highest BCUT2D eigenvalue weighted by atomic mass is 32.2. The Morgan fingerprint density at radius 2 is 2.09 bits per heavy atom. The Bertz CT molecular complexity index is 657. The zero-order valence-corrected chi connectivity index (χ0v) is 14.3. The minimum atomic E-state index is -0.897. The summed E-state index contributed by atoms with van der Waals surface area (Å²) in [6, 6.07) is 6.11. The highest BCUT2D eigenvalue weighted by molar-refractivity contribution is 8.00. The van der Waals surface area contributed by atoms with Gasteiger partial charge in [-0.1, -0.05) is 25.6 Å². The number of hydrogen-bond acceptors (Lipinski definition) is 5. The normalized spacial score (nSPS) is 13.1. The number of hydrogen-bond donors (Lipinski definition) is 1. The molecular weight excluding hydrogens is 296 g/mol. The molecule has 0 aliphatic carbocycles. The van der Waals surface area contributed by atoms with Crippen LogP contribution in [-0.4, -0.2) is 22.2 Å². The zero-order valence-electron chi connectivity index (χ0n) is 13.5. The van der Waals surface area contributed by atoms with Crippen LogP contribution in [0.5, 0.6) is 0 Å². The molecule has 1 heterocycles. The van der Waals surface area contributed by atoms with E-state index in [0.717, 1.165) is 11.3 Å². The number of aromatic nitrogens is 1. The molecule has 0 spiro atoms. The molecule has 22 heavy (non-hydrogen) atoms. The van der Waals surface area contributed by atoms with Crippen molar-refractivity contribution < 1.29 is 4.79 Å². The molecule has 116 valence electrons. The maximum absolute atomic E-state index is 12.1. The second-order valence-corrected chi connectivity index (χ2v) is 6.64. The average molecular weight is 316 g/mol. The average Bonchev–Trinajstić information content (AvgIpc) is 2.44. The molecule has 0 fully saturated rings. The Balaban J connectivity index is 2.82. The van der Waals surface area contributed by atoms with E-state index in [2.05, 4.69) is 22.4 Å². The van der Waals surface area contributed by atoms with Crippen molar-refractivity contribution in [2.45, 2.75) is 45.2 Å². The first kappa shape index (κ1) is 18.0. The SMILES string of the molecule is Cc1cc(C)c(C#N)c(SCC(=O)NC(C)(C#N)C(C)C)n1. The fourth-order valence-corrected chi connectivity index (χ4v) is 2.70. The first-order valence-electron chi connectivity index (χ1n) is 6.97. The Kier molecular flexibility index (Phi) is 5.96. The number of pyridine rings is 1. The van der Waals surface area contributed by atoms with Crippen LogP contribution in [0.4, 0.5) is 0 Å². The Hall–Kier alpha value is -2.05. The molecule has 1 aromatic heterocycles. The molecule has 0 aliphatic rings. The van der Waals surface area contributed by atoms with Gasteiger partial charge < -0.3 is 5.32 Å². The number of carbonyl (C=O) groups is 1. The number of rotatable bonds is 5. The third-order valence-corrected chi connectivity index (χ3v) is 4.52. The summed E-state index contributed by atoms with van der Waals surface area (Å²) >= 11 is 1.22. The lowest BCUT2D eigenvalue weighted by molar-refractivity contribution is -0.120. The first-order valence-corrected chi connectivity index (χ1v) is 7.95. The number of nitrogens with one attached hydrogen (secondary N) is 1. The van der Waals surface area contributed by atoms with Gasteiger partial charge in [0.25, 0.3) is 0 Å². The second-order valence-electron chi connectivity index (χ2n) is 5.68. The van der Waals surface area contributed by atoms with Crippen molar-refractivity contribution in [1.82, 2.24) is 10.3 Å². The molecule has 1 amide bonds. The van der Waals surface area contributed by atoms with Gasteiger partial charge in [-0.05, 0) is 38.3 Å². The molecule has 6 heteroatoms. The van der Waals surface area contributed by atoms with Crippen molar-refractivity contribution in [2.24, 2.45) is 5.92 Å². The fourth-order valence-electron chi connectivity index (χ4n) is 1.80. The maximum atomic E-state index is 12.1. The molecule has 0 bridgehead atoms. The van der Waals surface area contributed by atoms with E-state index in [1.54, 1.807) is 6.92 Å². The number of nitriles is 2. The van der Waals surface area contributed by atoms with Gasteiger partial charge in [0.2, 0.25) is 5.91 Å². The van der Waals surface area contributed by atoms with Crippen molar-refractivity contribution in [1.29, 1.82) is 10.5 Å². The van der Waals surface area contributed by atoms with Gasteiger partial charge in [0.1, 0.15) is 16.6 Å². The minimum absolute atomic E-state index is 0.000425.